The van der Waals surface area contributed by atoms with Crippen LogP contribution < -0.4 is 4.74 Å². The molecular weight excluding hydrogens is 370 g/mol. The minimum absolute atomic E-state index is 0.0385. The van der Waals surface area contributed by atoms with Gasteiger partial charge in [0, 0.05) is 19.5 Å². The molecule has 29 heavy (non-hydrogen) atoms. The van der Waals surface area contributed by atoms with Crippen LogP contribution in [0.4, 0.5) is 0 Å². The molecule has 154 valence electrons. The summed E-state index contributed by atoms with van der Waals surface area (Å²) in [4.78, 5) is 27.3. The van der Waals surface area contributed by atoms with Crippen LogP contribution in [0.3, 0.4) is 0 Å². The van der Waals surface area contributed by atoms with Crippen molar-refractivity contribution in [2.45, 2.75) is 19.4 Å². The van der Waals surface area contributed by atoms with Gasteiger partial charge < -0.3 is 19.1 Å². The molecule has 0 N–H and O–H groups in total. The summed E-state index contributed by atoms with van der Waals surface area (Å²) >= 11 is 0. The average molecular weight is 397 g/mol. The number of benzene rings is 2. The van der Waals surface area contributed by atoms with Gasteiger partial charge in [-0.05, 0) is 29.7 Å². The number of carbonyl (C=O) groups excluding carboxylic acids is 2. The summed E-state index contributed by atoms with van der Waals surface area (Å²) in [6.45, 7) is 2.39. The molecule has 1 aliphatic rings. The normalized spacial score (nSPS) is 14.9. The molecule has 1 fully saturated rings. The van der Waals surface area contributed by atoms with Crippen LogP contribution in [0.25, 0.3) is 0 Å². The third-order valence-corrected chi connectivity index (χ3v) is 4.98. The van der Waals surface area contributed by atoms with Crippen molar-refractivity contribution < 1.29 is 23.8 Å². The van der Waals surface area contributed by atoms with E-state index in [1.165, 1.54) is 0 Å². The fourth-order valence-corrected chi connectivity index (χ4v) is 3.28. The molecule has 3 rings (SSSR count). The van der Waals surface area contributed by atoms with Gasteiger partial charge in [0.2, 0.25) is 5.91 Å². The molecule has 0 aromatic heterocycles. The Hall–Kier alpha value is -2.86. The van der Waals surface area contributed by atoms with Gasteiger partial charge in [0.25, 0.3) is 0 Å². The second kappa shape index (κ2) is 10.6. The molecule has 1 saturated heterocycles. The number of morpholine rings is 1. The summed E-state index contributed by atoms with van der Waals surface area (Å²) in [7, 11) is 1.61. The van der Waals surface area contributed by atoms with Gasteiger partial charge in [-0.15, -0.1) is 0 Å². The Morgan fingerprint density at radius 1 is 1.00 bits per heavy atom. The van der Waals surface area contributed by atoms with Crippen molar-refractivity contribution >= 4 is 11.9 Å². The number of carbonyl (C=O) groups is 2. The molecule has 0 aliphatic carbocycles. The van der Waals surface area contributed by atoms with Crippen LogP contribution in [0.2, 0.25) is 0 Å². The van der Waals surface area contributed by atoms with Crippen LogP contribution in [0.1, 0.15) is 17.5 Å². The zero-order chi connectivity index (χ0) is 20.5. The van der Waals surface area contributed by atoms with Crippen molar-refractivity contribution in [1.82, 2.24) is 4.90 Å². The zero-order valence-corrected chi connectivity index (χ0v) is 16.7. The van der Waals surface area contributed by atoms with Gasteiger partial charge in [0.1, 0.15) is 12.4 Å². The number of hydrogen-bond donors (Lipinski definition) is 0. The number of nitrogens with zero attached hydrogens (tertiary/aromatic N) is 1. The number of rotatable bonds is 8. The smallest absolute Gasteiger partial charge is 0.310 e. The number of amides is 1. The topological polar surface area (TPSA) is 65.1 Å². The molecule has 2 aromatic carbocycles. The Morgan fingerprint density at radius 3 is 2.34 bits per heavy atom. The van der Waals surface area contributed by atoms with Gasteiger partial charge in [-0.25, -0.2) is 0 Å². The van der Waals surface area contributed by atoms with Gasteiger partial charge in [0.15, 0.2) is 0 Å². The second-order valence-corrected chi connectivity index (χ2v) is 7.04. The fraction of sp³-hybridized carbons (Fsp3) is 0.391. The molecule has 6 nitrogen and oxygen atoms in total. The van der Waals surface area contributed by atoms with Crippen molar-refractivity contribution in [3.8, 4) is 5.75 Å². The lowest BCUT2D eigenvalue weighted by atomic mass is 9.95. The lowest BCUT2D eigenvalue weighted by Crippen LogP contribution is -2.42. The molecule has 6 heteroatoms. The lowest BCUT2D eigenvalue weighted by Gasteiger charge is -2.28. The minimum atomic E-state index is -0.539. The Kier molecular flexibility index (Phi) is 7.64. The van der Waals surface area contributed by atoms with E-state index in [0.717, 1.165) is 16.9 Å². The maximum atomic E-state index is 12.8. The molecule has 1 aliphatic heterocycles. The van der Waals surface area contributed by atoms with Crippen molar-refractivity contribution in [3.05, 3.63) is 65.7 Å². The highest BCUT2D eigenvalue weighted by Gasteiger charge is 2.27. The van der Waals surface area contributed by atoms with E-state index in [4.69, 9.17) is 14.2 Å². The van der Waals surface area contributed by atoms with Crippen molar-refractivity contribution in [3.63, 3.8) is 0 Å². The van der Waals surface area contributed by atoms with Gasteiger partial charge in [-0.2, -0.15) is 0 Å². The van der Waals surface area contributed by atoms with Gasteiger partial charge >= 0.3 is 5.97 Å². The maximum Gasteiger partial charge on any atom is 0.310 e. The summed E-state index contributed by atoms with van der Waals surface area (Å²) in [6, 6.07) is 17.1. The number of esters is 1. The highest BCUT2D eigenvalue weighted by molar-refractivity contribution is 5.83. The molecule has 0 saturated carbocycles. The van der Waals surface area contributed by atoms with Gasteiger partial charge in [0.05, 0.1) is 26.2 Å². The quantitative estimate of drug-likeness (QED) is 0.641. The fourth-order valence-electron chi connectivity index (χ4n) is 3.28. The summed E-state index contributed by atoms with van der Waals surface area (Å²) in [5.74, 6) is -0.182. The highest BCUT2D eigenvalue weighted by atomic mass is 16.5. The summed E-state index contributed by atoms with van der Waals surface area (Å²) < 4.78 is 16.0. The first-order valence-corrected chi connectivity index (χ1v) is 9.84. The highest BCUT2D eigenvalue weighted by Crippen LogP contribution is 2.20. The third-order valence-electron chi connectivity index (χ3n) is 4.98. The first kappa shape index (κ1) is 20.9. The van der Waals surface area contributed by atoms with Crippen LogP contribution in [-0.4, -0.2) is 50.2 Å². The number of hydrogen-bond acceptors (Lipinski definition) is 5. The van der Waals surface area contributed by atoms with E-state index in [2.05, 4.69) is 0 Å². The predicted octanol–water partition coefficient (Wildman–Crippen LogP) is 2.85. The van der Waals surface area contributed by atoms with E-state index >= 15 is 0 Å². The first-order valence-electron chi connectivity index (χ1n) is 9.84. The summed E-state index contributed by atoms with van der Waals surface area (Å²) in [5.41, 5.74) is 1.88. The Bertz CT molecular complexity index is 785. The minimum Gasteiger partial charge on any atom is -0.497 e. The predicted molar refractivity (Wildman–Crippen MR) is 108 cm³/mol. The average Bonchev–Trinajstić information content (AvgIpc) is 2.78. The first-order chi connectivity index (χ1) is 14.2. The van der Waals surface area contributed by atoms with Crippen LogP contribution in [0.15, 0.2) is 54.6 Å². The van der Waals surface area contributed by atoms with E-state index in [1.54, 1.807) is 12.0 Å². The number of ether oxygens (including phenoxy) is 3. The maximum absolute atomic E-state index is 12.8. The second-order valence-electron chi connectivity index (χ2n) is 7.04. The summed E-state index contributed by atoms with van der Waals surface area (Å²) in [6.07, 6.45) is 0.563. The van der Waals surface area contributed by atoms with E-state index in [-0.39, 0.29) is 24.9 Å². The number of methoxy groups -OCH3 is 1. The van der Waals surface area contributed by atoms with Gasteiger partial charge in [-0.1, -0.05) is 42.5 Å². The van der Waals surface area contributed by atoms with E-state index in [9.17, 15) is 9.59 Å². The lowest BCUT2D eigenvalue weighted by molar-refractivity contribution is -0.153. The van der Waals surface area contributed by atoms with Crippen LogP contribution >= 0.6 is 0 Å². The molecule has 2 aromatic rings. The monoisotopic (exact) mass is 397 g/mol. The molecular formula is C23H27NO5. The standard InChI is InChI=1S/C23H27NO5/c1-27-21-9-7-18(8-10-21)15-20(16-22(25)24-11-13-28-14-12-24)23(26)29-17-19-5-3-2-4-6-19/h2-10,20H,11-17H2,1H3/t20-/m1/s1. The van der Waals surface area contributed by atoms with Crippen molar-refractivity contribution in [2.75, 3.05) is 33.4 Å². The molecule has 0 bridgehead atoms. The van der Waals surface area contributed by atoms with Crippen LogP contribution in [0.5, 0.6) is 5.75 Å². The van der Waals surface area contributed by atoms with E-state index < -0.39 is 5.92 Å². The SMILES string of the molecule is COc1ccc(C[C@H](CC(=O)N2CCOCC2)C(=O)OCc2ccccc2)cc1. The molecule has 1 heterocycles. The molecule has 0 spiro atoms. The van der Waals surface area contributed by atoms with E-state index in [1.807, 2.05) is 54.6 Å². The Balaban J connectivity index is 1.66. The largest absolute Gasteiger partial charge is 0.497 e. The van der Waals surface area contributed by atoms with Crippen LogP contribution in [0, 0.1) is 5.92 Å². The molecule has 1 amide bonds. The van der Waals surface area contributed by atoms with Crippen LogP contribution in [-0.2, 0) is 32.1 Å². The third kappa shape index (κ3) is 6.32. The Labute approximate surface area is 171 Å². The molecule has 0 radical (unpaired) electrons. The zero-order valence-electron chi connectivity index (χ0n) is 16.7. The molecule has 0 unspecified atom stereocenters. The summed E-state index contributed by atoms with van der Waals surface area (Å²) in [5, 5.41) is 0. The van der Waals surface area contributed by atoms with E-state index in [0.29, 0.717) is 32.7 Å². The van der Waals surface area contributed by atoms with Gasteiger partial charge in [-0.3, -0.25) is 9.59 Å². The molecule has 1 atom stereocenters. The van der Waals surface area contributed by atoms with Crippen molar-refractivity contribution in [1.29, 1.82) is 0 Å². The Morgan fingerprint density at radius 2 is 1.69 bits per heavy atom. The van der Waals surface area contributed by atoms with Crippen molar-refractivity contribution in [2.24, 2.45) is 5.92 Å².